The number of unbranched alkanes of at least 4 members (excludes halogenated alkanes) is 8. The maximum absolute atomic E-state index is 12.4. The molecular weight excluding hydrogens is 388 g/mol. The highest BCUT2D eigenvalue weighted by Gasteiger charge is 2.22. The first kappa shape index (κ1) is 27.2. The van der Waals surface area contributed by atoms with Gasteiger partial charge in [0, 0.05) is 0 Å². The van der Waals surface area contributed by atoms with E-state index in [0.717, 1.165) is 24.3 Å². The molecule has 0 spiro atoms. The molecule has 0 aliphatic rings. The number of amides is 1. The zero-order valence-electron chi connectivity index (χ0n) is 19.7. The molecule has 176 valence electrons. The lowest BCUT2D eigenvalue weighted by atomic mass is 10.0. The van der Waals surface area contributed by atoms with Crippen LogP contribution in [0, 0.1) is 5.92 Å². The molecule has 31 heavy (non-hydrogen) atoms. The Balaban J connectivity index is 2.19. The Hall–Kier alpha value is -1.88. The van der Waals surface area contributed by atoms with E-state index in [9.17, 15) is 9.59 Å². The van der Waals surface area contributed by atoms with Crippen LogP contribution < -0.4 is 11.5 Å². The number of hydrogen-bond acceptors (Lipinski definition) is 4. The second-order valence-electron chi connectivity index (χ2n) is 9.18. The molecule has 0 saturated heterocycles. The van der Waals surface area contributed by atoms with Crippen molar-refractivity contribution in [3.05, 3.63) is 35.9 Å². The third-order valence-corrected chi connectivity index (χ3v) is 5.62. The van der Waals surface area contributed by atoms with Crippen LogP contribution in [-0.2, 0) is 20.7 Å². The number of rotatable bonds is 18. The van der Waals surface area contributed by atoms with Crippen molar-refractivity contribution in [2.45, 2.75) is 109 Å². The van der Waals surface area contributed by atoms with Crippen LogP contribution in [0.5, 0.6) is 0 Å². The normalized spacial score (nSPS) is 13.2. The van der Waals surface area contributed by atoms with Crippen LogP contribution in [-0.4, -0.2) is 24.0 Å². The minimum absolute atomic E-state index is 0.0557. The first-order chi connectivity index (χ1) is 14.9. The zero-order chi connectivity index (χ0) is 22.9. The SMILES string of the molecule is CC(C)CCCCCCCCCCC[C@H](CC(N)=O)OC(=O)[C@@H](N)Cc1ccccc1. The molecule has 0 bridgehead atoms. The number of carbonyl (C=O) groups excluding carboxylic acids is 2. The molecule has 2 atom stereocenters. The van der Waals surface area contributed by atoms with Gasteiger partial charge in [-0.15, -0.1) is 0 Å². The molecule has 0 aromatic heterocycles. The molecular formula is C26H44N2O3. The van der Waals surface area contributed by atoms with Gasteiger partial charge in [-0.25, -0.2) is 0 Å². The molecule has 1 amide bonds. The van der Waals surface area contributed by atoms with E-state index in [1.165, 1.54) is 51.4 Å². The van der Waals surface area contributed by atoms with Crippen molar-refractivity contribution >= 4 is 11.9 Å². The molecule has 0 radical (unpaired) electrons. The molecule has 0 unspecified atom stereocenters. The van der Waals surface area contributed by atoms with Crippen LogP contribution in [0.25, 0.3) is 0 Å². The molecule has 1 rings (SSSR count). The van der Waals surface area contributed by atoms with Gasteiger partial charge in [0.15, 0.2) is 0 Å². The lowest BCUT2D eigenvalue weighted by molar-refractivity contribution is -0.152. The van der Waals surface area contributed by atoms with Gasteiger partial charge in [-0.2, -0.15) is 0 Å². The van der Waals surface area contributed by atoms with Crippen molar-refractivity contribution in [3.63, 3.8) is 0 Å². The van der Waals surface area contributed by atoms with Crippen molar-refractivity contribution in [3.8, 4) is 0 Å². The van der Waals surface area contributed by atoms with Crippen LogP contribution in [0.2, 0.25) is 0 Å². The van der Waals surface area contributed by atoms with Gasteiger partial charge < -0.3 is 16.2 Å². The van der Waals surface area contributed by atoms with Gasteiger partial charge in [0.1, 0.15) is 12.1 Å². The van der Waals surface area contributed by atoms with Gasteiger partial charge in [0.2, 0.25) is 5.91 Å². The summed E-state index contributed by atoms with van der Waals surface area (Å²) in [6, 6.07) is 8.87. The Bertz CT molecular complexity index is 604. The Morgan fingerprint density at radius 1 is 0.839 bits per heavy atom. The van der Waals surface area contributed by atoms with Gasteiger partial charge in [-0.3, -0.25) is 9.59 Å². The fraction of sp³-hybridized carbons (Fsp3) is 0.692. The minimum Gasteiger partial charge on any atom is -0.461 e. The summed E-state index contributed by atoms with van der Waals surface area (Å²) >= 11 is 0. The smallest absolute Gasteiger partial charge is 0.323 e. The number of ether oxygens (including phenoxy) is 1. The quantitative estimate of drug-likeness (QED) is 0.243. The summed E-state index contributed by atoms with van der Waals surface area (Å²) in [5.74, 6) is -0.100. The van der Waals surface area contributed by atoms with E-state index in [-0.39, 0.29) is 6.42 Å². The van der Waals surface area contributed by atoms with E-state index in [4.69, 9.17) is 16.2 Å². The van der Waals surface area contributed by atoms with Gasteiger partial charge in [0.05, 0.1) is 6.42 Å². The van der Waals surface area contributed by atoms with Crippen molar-refractivity contribution in [2.24, 2.45) is 17.4 Å². The van der Waals surface area contributed by atoms with Crippen LogP contribution in [0.4, 0.5) is 0 Å². The molecule has 0 saturated carbocycles. The summed E-state index contributed by atoms with van der Waals surface area (Å²) in [5, 5.41) is 0. The van der Waals surface area contributed by atoms with Gasteiger partial charge in [0.25, 0.3) is 0 Å². The fourth-order valence-electron chi connectivity index (χ4n) is 3.79. The van der Waals surface area contributed by atoms with Gasteiger partial charge in [-0.05, 0) is 30.7 Å². The summed E-state index contributed by atoms with van der Waals surface area (Å²) in [5.41, 5.74) is 12.3. The zero-order valence-corrected chi connectivity index (χ0v) is 19.7. The molecule has 0 aliphatic carbocycles. The van der Waals surface area contributed by atoms with Crippen LogP contribution in [0.1, 0.15) is 96.5 Å². The number of hydrogen-bond donors (Lipinski definition) is 2. The van der Waals surface area contributed by atoms with Crippen LogP contribution >= 0.6 is 0 Å². The Labute approximate surface area is 189 Å². The lowest BCUT2D eigenvalue weighted by Crippen LogP contribution is -2.37. The van der Waals surface area contributed by atoms with Crippen molar-refractivity contribution in [1.29, 1.82) is 0 Å². The monoisotopic (exact) mass is 432 g/mol. The molecule has 4 N–H and O–H groups in total. The standard InChI is InChI=1S/C26H44N2O3/c1-21(2)15-11-8-6-4-3-5-7-9-14-18-23(20-25(28)29)31-26(30)24(27)19-22-16-12-10-13-17-22/h10,12-13,16-17,21,23-24H,3-9,11,14-15,18-20,27H2,1-2H3,(H2,28,29)/t23-,24+/m1/s1. The first-order valence-electron chi connectivity index (χ1n) is 12.2. The fourth-order valence-corrected chi connectivity index (χ4v) is 3.79. The summed E-state index contributed by atoms with van der Waals surface area (Å²) in [6.07, 6.45) is 13.1. The highest BCUT2D eigenvalue weighted by Crippen LogP contribution is 2.16. The lowest BCUT2D eigenvalue weighted by Gasteiger charge is -2.19. The van der Waals surface area contributed by atoms with E-state index >= 15 is 0 Å². The van der Waals surface area contributed by atoms with Gasteiger partial charge in [-0.1, -0.05) is 102 Å². The average Bonchev–Trinajstić information content (AvgIpc) is 2.71. The predicted octanol–water partition coefficient (Wildman–Crippen LogP) is 5.29. The second-order valence-corrected chi connectivity index (χ2v) is 9.18. The molecule has 0 aliphatic heterocycles. The summed E-state index contributed by atoms with van der Waals surface area (Å²) in [7, 11) is 0. The summed E-state index contributed by atoms with van der Waals surface area (Å²) < 4.78 is 5.53. The predicted molar refractivity (Wildman–Crippen MR) is 127 cm³/mol. The summed E-state index contributed by atoms with van der Waals surface area (Å²) in [6.45, 7) is 4.57. The molecule has 5 nitrogen and oxygen atoms in total. The van der Waals surface area contributed by atoms with Gasteiger partial charge >= 0.3 is 5.97 Å². The molecule has 1 aromatic carbocycles. The highest BCUT2D eigenvalue weighted by molar-refractivity contribution is 5.78. The summed E-state index contributed by atoms with van der Waals surface area (Å²) in [4.78, 5) is 23.7. The largest absolute Gasteiger partial charge is 0.461 e. The van der Waals surface area contributed by atoms with Crippen LogP contribution in [0.15, 0.2) is 30.3 Å². The molecule has 0 heterocycles. The van der Waals surface area contributed by atoms with E-state index in [1.54, 1.807) is 0 Å². The van der Waals surface area contributed by atoms with Crippen LogP contribution in [0.3, 0.4) is 0 Å². The van der Waals surface area contributed by atoms with Crippen molar-refractivity contribution < 1.29 is 14.3 Å². The number of nitrogens with two attached hydrogens (primary N) is 2. The maximum Gasteiger partial charge on any atom is 0.323 e. The molecule has 5 heteroatoms. The topological polar surface area (TPSA) is 95.4 Å². The Morgan fingerprint density at radius 2 is 1.35 bits per heavy atom. The van der Waals surface area contributed by atoms with E-state index in [0.29, 0.717) is 12.8 Å². The third kappa shape index (κ3) is 14.7. The maximum atomic E-state index is 12.4. The Morgan fingerprint density at radius 3 is 1.87 bits per heavy atom. The van der Waals surface area contributed by atoms with Crippen molar-refractivity contribution in [2.75, 3.05) is 0 Å². The first-order valence-corrected chi connectivity index (χ1v) is 12.2. The number of esters is 1. The molecule has 0 fully saturated rings. The minimum atomic E-state index is -0.738. The highest BCUT2D eigenvalue weighted by atomic mass is 16.5. The molecule has 1 aromatic rings. The third-order valence-electron chi connectivity index (χ3n) is 5.62. The van der Waals surface area contributed by atoms with E-state index in [2.05, 4.69) is 13.8 Å². The number of benzene rings is 1. The van der Waals surface area contributed by atoms with E-state index in [1.807, 2.05) is 30.3 Å². The van der Waals surface area contributed by atoms with E-state index < -0.39 is 24.0 Å². The van der Waals surface area contributed by atoms with Crippen molar-refractivity contribution in [1.82, 2.24) is 0 Å². The Kier molecular flexibility index (Phi) is 14.7. The number of carbonyl (C=O) groups is 2. The second kappa shape index (κ2) is 16.8. The average molecular weight is 433 g/mol. The number of primary amides is 1.